The van der Waals surface area contributed by atoms with Gasteiger partial charge in [0.1, 0.15) is 0 Å². The molecule has 1 saturated carbocycles. The van der Waals surface area contributed by atoms with E-state index in [4.69, 9.17) is 0 Å². The van der Waals surface area contributed by atoms with Crippen LogP contribution in [0.2, 0.25) is 0 Å². The van der Waals surface area contributed by atoms with Crippen LogP contribution in [0.25, 0.3) is 0 Å². The fourth-order valence-electron chi connectivity index (χ4n) is 2.24. The second kappa shape index (κ2) is 5.65. The molecule has 0 aromatic rings. The summed E-state index contributed by atoms with van der Waals surface area (Å²) < 4.78 is 0. The number of allylic oxidation sites excluding steroid dienone is 2. The van der Waals surface area contributed by atoms with E-state index in [-0.39, 0.29) is 17.0 Å². The lowest BCUT2D eigenvalue weighted by atomic mass is 9.73. The number of Topliss-reactive ketones (excluding diaryl/α,β-unsaturated/α-hetero) is 2. The summed E-state index contributed by atoms with van der Waals surface area (Å²) in [6.07, 6.45) is 0.918. The molecule has 0 unspecified atom stereocenters. The van der Waals surface area contributed by atoms with Crippen LogP contribution in [0, 0.1) is 5.41 Å². The Kier molecular flexibility index (Phi) is 4.68. The topological polar surface area (TPSA) is 49.4 Å². The highest BCUT2D eigenvalue weighted by Crippen LogP contribution is 2.34. The number of rotatable bonds is 4. The fraction of sp³-hybridized carbons (Fsp3) is 0.714. The molecule has 0 heterocycles. The van der Waals surface area contributed by atoms with Crippen molar-refractivity contribution in [3.05, 3.63) is 11.3 Å². The number of nitrogens with one attached hydrogen (secondary N) is 1. The molecule has 1 N–H and O–H groups in total. The van der Waals surface area contributed by atoms with Crippen LogP contribution in [0.15, 0.2) is 11.3 Å². The van der Waals surface area contributed by atoms with E-state index in [2.05, 4.69) is 10.2 Å². The number of ketones is 2. The largest absolute Gasteiger partial charge is 0.387 e. The van der Waals surface area contributed by atoms with E-state index < -0.39 is 0 Å². The standard InChI is InChI=1S/C14H24N2O2/c1-10(15-6-7-16(4)5)13-11(17)8-14(2,3)9-12(13)18/h15H,6-9H2,1-5H3. The van der Waals surface area contributed by atoms with Gasteiger partial charge in [-0.2, -0.15) is 0 Å². The van der Waals surface area contributed by atoms with Crippen LogP contribution < -0.4 is 5.32 Å². The highest BCUT2D eigenvalue weighted by Gasteiger charge is 2.36. The first-order valence-corrected chi connectivity index (χ1v) is 6.39. The highest BCUT2D eigenvalue weighted by molar-refractivity contribution is 6.22. The van der Waals surface area contributed by atoms with Crippen molar-refractivity contribution < 1.29 is 9.59 Å². The molecule has 4 nitrogen and oxygen atoms in total. The molecule has 0 aliphatic heterocycles. The average Bonchev–Trinajstić information content (AvgIpc) is 2.12. The Morgan fingerprint density at radius 1 is 1.22 bits per heavy atom. The van der Waals surface area contributed by atoms with E-state index in [1.165, 1.54) is 0 Å². The highest BCUT2D eigenvalue weighted by atomic mass is 16.2. The molecule has 0 aromatic heterocycles. The van der Waals surface area contributed by atoms with E-state index in [0.29, 0.717) is 18.4 Å². The van der Waals surface area contributed by atoms with Gasteiger partial charge >= 0.3 is 0 Å². The lowest BCUT2D eigenvalue weighted by molar-refractivity contribution is -0.127. The zero-order valence-electron chi connectivity index (χ0n) is 12.1. The minimum absolute atomic E-state index is 0.0221. The van der Waals surface area contributed by atoms with Gasteiger partial charge in [-0.3, -0.25) is 9.59 Å². The van der Waals surface area contributed by atoms with Gasteiger partial charge in [0.05, 0.1) is 5.57 Å². The fourth-order valence-corrected chi connectivity index (χ4v) is 2.24. The van der Waals surface area contributed by atoms with E-state index in [0.717, 1.165) is 18.8 Å². The van der Waals surface area contributed by atoms with E-state index in [9.17, 15) is 9.59 Å². The van der Waals surface area contributed by atoms with Crippen molar-refractivity contribution in [3.63, 3.8) is 0 Å². The SMILES string of the molecule is CC(NCCN(C)C)=C1C(=O)CC(C)(C)CC1=O. The van der Waals surface area contributed by atoms with Gasteiger partial charge in [0.25, 0.3) is 0 Å². The smallest absolute Gasteiger partial charge is 0.168 e. The first kappa shape index (κ1) is 14.9. The molecule has 1 rings (SSSR count). The third kappa shape index (κ3) is 3.95. The molecule has 0 bridgehead atoms. The molecular weight excluding hydrogens is 228 g/mol. The predicted octanol–water partition coefficient (Wildman–Crippen LogP) is 1.37. The Bertz CT molecular complexity index is 359. The minimum atomic E-state index is -0.193. The molecule has 4 heteroatoms. The first-order valence-electron chi connectivity index (χ1n) is 6.39. The lowest BCUT2D eigenvalue weighted by Crippen LogP contribution is -2.35. The molecular formula is C14H24N2O2. The number of hydrogen-bond donors (Lipinski definition) is 1. The Balaban J connectivity index is 2.74. The van der Waals surface area contributed by atoms with Crippen LogP contribution >= 0.6 is 0 Å². The van der Waals surface area contributed by atoms with Gasteiger partial charge in [-0.05, 0) is 26.4 Å². The summed E-state index contributed by atoms with van der Waals surface area (Å²) in [4.78, 5) is 26.1. The van der Waals surface area contributed by atoms with Gasteiger partial charge < -0.3 is 10.2 Å². The van der Waals surface area contributed by atoms with Crippen molar-refractivity contribution in [1.29, 1.82) is 0 Å². The molecule has 0 amide bonds. The van der Waals surface area contributed by atoms with Gasteiger partial charge in [-0.15, -0.1) is 0 Å². The van der Waals surface area contributed by atoms with E-state index in [1.54, 1.807) is 0 Å². The van der Waals surface area contributed by atoms with Gasteiger partial charge in [-0.25, -0.2) is 0 Å². The normalized spacial score (nSPS) is 19.3. The average molecular weight is 252 g/mol. The van der Waals surface area contributed by atoms with Crippen LogP contribution in [0.5, 0.6) is 0 Å². The number of carbonyl (C=O) groups is 2. The Morgan fingerprint density at radius 3 is 2.17 bits per heavy atom. The summed E-state index contributed by atoms with van der Waals surface area (Å²) in [6.45, 7) is 7.37. The second-order valence-electron chi connectivity index (χ2n) is 6.09. The summed E-state index contributed by atoms with van der Waals surface area (Å²) in [7, 11) is 3.98. The quantitative estimate of drug-likeness (QED) is 0.606. The van der Waals surface area contributed by atoms with Gasteiger partial charge in [0, 0.05) is 31.6 Å². The van der Waals surface area contributed by atoms with Crippen molar-refractivity contribution in [1.82, 2.24) is 10.2 Å². The van der Waals surface area contributed by atoms with Crippen molar-refractivity contribution in [2.24, 2.45) is 5.41 Å². The summed E-state index contributed by atoms with van der Waals surface area (Å²) in [6, 6.07) is 0. The summed E-state index contributed by atoms with van der Waals surface area (Å²) in [5, 5.41) is 3.17. The molecule has 1 aliphatic rings. The monoisotopic (exact) mass is 252 g/mol. The second-order valence-corrected chi connectivity index (χ2v) is 6.09. The summed E-state index contributed by atoms with van der Waals surface area (Å²) in [5.41, 5.74) is 0.914. The van der Waals surface area contributed by atoms with Gasteiger partial charge in [0.15, 0.2) is 11.6 Å². The van der Waals surface area contributed by atoms with E-state index >= 15 is 0 Å². The third-order valence-electron chi connectivity index (χ3n) is 3.16. The lowest BCUT2D eigenvalue weighted by Gasteiger charge is -2.29. The van der Waals surface area contributed by atoms with Crippen molar-refractivity contribution in [2.75, 3.05) is 27.2 Å². The number of carbonyl (C=O) groups excluding carboxylic acids is 2. The zero-order chi connectivity index (χ0) is 13.9. The van der Waals surface area contributed by atoms with Crippen LogP contribution in [-0.2, 0) is 9.59 Å². The Morgan fingerprint density at radius 2 is 1.72 bits per heavy atom. The molecule has 1 fully saturated rings. The predicted molar refractivity (Wildman–Crippen MR) is 72.3 cm³/mol. The maximum Gasteiger partial charge on any atom is 0.168 e. The van der Waals surface area contributed by atoms with Crippen molar-refractivity contribution in [3.8, 4) is 0 Å². The maximum absolute atomic E-state index is 12.0. The van der Waals surface area contributed by atoms with Crippen LogP contribution in [0.4, 0.5) is 0 Å². The number of hydrogen-bond acceptors (Lipinski definition) is 4. The molecule has 0 radical (unpaired) electrons. The molecule has 18 heavy (non-hydrogen) atoms. The molecule has 0 atom stereocenters. The summed E-state index contributed by atoms with van der Waals surface area (Å²) in [5.74, 6) is -0.0443. The van der Waals surface area contributed by atoms with E-state index in [1.807, 2.05) is 34.9 Å². The van der Waals surface area contributed by atoms with Crippen molar-refractivity contribution >= 4 is 11.6 Å². The first-order chi connectivity index (χ1) is 8.23. The summed E-state index contributed by atoms with van der Waals surface area (Å²) >= 11 is 0. The maximum atomic E-state index is 12.0. The van der Waals surface area contributed by atoms with Gasteiger partial charge in [0.2, 0.25) is 0 Å². The zero-order valence-corrected chi connectivity index (χ0v) is 12.1. The number of likely N-dealkylation sites (N-methyl/N-ethyl adjacent to an activating group) is 1. The molecule has 102 valence electrons. The Labute approximate surface area is 109 Å². The van der Waals surface area contributed by atoms with Crippen molar-refractivity contribution in [2.45, 2.75) is 33.6 Å². The number of nitrogens with zero attached hydrogens (tertiary/aromatic N) is 1. The van der Waals surface area contributed by atoms with Crippen LogP contribution in [-0.4, -0.2) is 43.7 Å². The van der Waals surface area contributed by atoms with Crippen LogP contribution in [0.1, 0.15) is 33.6 Å². The molecule has 1 aliphatic carbocycles. The molecule has 0 spiro atoms. The third-order valence-corrected chi connectivity index (χ3v) is 3.16. The molecule has 0 saturated heterocycles. The molecule has 0 aromatic carbocycles. The minimum Gasteiger partial charge on any atom is -0.387 e. The van der Waals surface area contributed by atoms with Gasteiger partial charge in [-0.1, -0.05) is 13.8 Å². The van der Waals surface area contributed by atoms with Crippen LogP contribution in [0.3, 0.4) is 0 Å². The Hall–Kier alpha value is -1.16.